The normalized spacial score (nSPS) is 22.6. The van der Waals surface area contributed by atoms with Gasteiger partial charge in [-0.15, -0.1) is 0 Å². The highest BCUT2D eigenvalue weighted by Crippen LogP contribution is 2.40. The van der Waals surface area contributed by atoms with E-state index in [2.05, 4.69) is 28.2 Å². The number of anilines is 1. The Bertz CT molecular complexity index is 861. The number of halogens is 3. The molecule has 6 nitrogen and oxygen atoms in total. The number of ether oxygens (including phenoxy) is 1. The molecule has 0 radical (unpaired) electrons. The first-order chi connectivity index (χ1) is 14.7. The zero-order chi connectivity index (χ0) is 22.6. The Morgan fingerprint density at radius 3 is 2.74 bits per heavy atom. The van der Waals surface area contributed by atoms with Crippen LogP contribution in [0.4, 0.5) is 18.9 Å². The van der Waals surface area contributed by atoms with Crippen LogP contribution in [0.1, 0.15) is 31.7 Å². The van der Waals surface area contributed by atoms with Crippen molar-refractivity contribution in [2.75, 3.05) is 31.1 Å². The number of nitrogens with zero attached hydrogens (tertiary/aromatic N) is 4. The Kier molecular flexibility index (Phi) is 6.96. The van der Waals surface area contributed by atoms with E-state index in [0.717, 1.165) is 37.1 Å². The molecule has 168 valence electrons. The lowest BCUT2D eigenvalue weighted by atomic mass is 9.88. The van der Waals surface area contributed by atoms with Gasteiger partial charge in [-0.25, -0.2) is 0 Å². The molecule has 0 aliphatic carbocycles. The molecule has 2 aliphatic rings. The van der Waals surface area contributed by atoms with Crippen LogP contribution in [0.25, 0.3) is 0 Å². The number of carbonyl (C=O) groups is 1. The third-order valence-corrected chi connectivity index (χ3v) is 5.85. The molecule has 1 amide bonds. The van der Waals surface area contributed by atoms with Gasteiger partial charge in [0.2, 0.25) is 0 Å². The van der Waals surface area contributed by atoms with Gasteiger partial charge in [-0.3, -0.25) is 14.8 Å². The number of alkyl halides is 3. The predicted octanol–water partition coefficient (Wildman–Crippen LogP) is 3.85. The lowest BCUT2D eigenvalue weighted by Gasteiger charge is -2.49. The molecule has 1 unspecified atom stereocenters. The number of amides is 1. The summed E-state index contributed by atoms with van der Waals surface area (Å²) in [4.78, 5) is 24.0. The van der Waals surface area contributed by atoms with Crippen LogP contribution in [0.2, 0.25) is 0 Å². The standard InChI is InChI=1S/C22H27F3N4O2/c1-4-5-17(26-3)7-11-28-12-8-21(9-13-28)15-29(20(30)16(2)31-21)19-14-27-10-6-18(19)22(23,24)25/h4-6,10,14,16H,1,3,7-9,11-13,15H2,2H3/b17-5-. The van der Waals surface area contributed by atoms with E-state index in [0.29, 0.717) is 25.9 Å². The first kappa shape index (κ1) is 23.1. The van der Waals surface area contributed by atoms with Gasteiger partial charge < -0.3 is 14.5 Å². The van der Waals surface area contributed by atoms with E-state index in [-0.39, 0.29) is 12.2 Å². The molecular formula is C22H27F3N4O2. The molecule has 1 spiro atoms. The molecule has 0 N–H and O–H groups in total. The van der Waals surface area contributed by atoms with E-state index in [1.807, 2.05) is 6.08 Å². The van der Waals surface area contributed by atoms with E-state index >= 15 is 0 Å². The Labute approximate surface area is 180 Å². The molecule has 2 aliphatic heterocycles. The van der Waals surface area contributed by atoms with Crippen molar-refractivity contribution in [2.45, 2.75) is 44.1 Å². The molecule has 0 aromatic carbocycles. The largest absolute Gasteiger partial charge is 0.418 e. The highest BCUT2D eigenvalue weighted by atomic mass is 19.4. The molecule has 0 bridgehead atoms. The SMILES string of the molecule is C=C/C=C(/CCN1CCC2(CC1)CN(c1cnccc1C(F)(F)F)C(=O)C(C)O2)N=C. The van der Waals surface area contributed by atoms with E-state index < -0.39 is 29.4 Å². The molecule has 1 aromatic heterocycles. The van der Waals surface area contributed by atoms with Gasteiger partial charge >= 0.3 is 6.18 Å². The first-order valence-electron chi connectivity index (χ1n) is 10.2. The molecular weight excluding hydrogens is 409 g/mol. The molecule has 2 fully saturated rings. The summed E-state index contributed by atoms with van der Waals surface area (Å²) in [6.07, 6.45) is 2.25. The molecule has 1 atom stereocenters. The number of aliphatic imine (C=N–C) groups is 1. The van der Waals surface area contributed by atoms with Crippen LogP contribution in [0, 0.1) is 0 Å². The summed E-state index contributed by atoms with van der Waals surface area (Å²) in [5.41, 5.74) is -0.908. The molecule has 9 heteroatoms. The molecule has 3 rings (SSSR count). The zero-order valence-corrected chi connectivity index (χ0v) is 17.6. The third-order valence-electron chi connectivity index (χ3n) is 5.85. The fourth-order valence-corrected chi connectivity index (χ4v) is 4.18. The number of likely N-dealkylation sites (tertiary alicyclic amines) is 1. The van der Waals surface area contributed by atoms with Gasteiger partial charge in [0.05, 0.1) is 29.6 Å². The number of hydrogen-bond acceptors (Lipinski definition) is 5. The first-order valence-corrected chi connectivity index (χ1v) is 10.2. The minimum atomic E-state index is -4.58. The Morgan fingerprint density at radius 2 is 2.13 bits per heavy atom. The Hall–Kier alpha value is -2.52. The number of hydrogen-bond donors (Lipinski definition) is 0. The molecule has 31 heavy (non-hydrogen) atoms. The van der Waals surface area contributed by atoms with Crippen molar-refractivity contribution < 1.29 is 22.7 Å². The summed E-state index contributed by atoms with van der Waals surface area (Å²) in [6, 6.07) is 0.903. The third kappa shape index (κ3) is 5.22. The van der Waals surface area contributed by atoms with Crippen molar-refractivity contribution in [3.63, 3.8) is 0 Å². The topological polar surface area (TPSA) is 58.0 Å². The number of rotatable bonds is 6. The smallest absolute Gasteiger partial charge is 0.360 e. The van der Waals surface area contributed by atoms with Gasteiger partial charge in [-0.1, -0.05) is 12.7 Å². The second-order valence-corrected chi connectivity index (χ2v) is 7.90. The van der Waals surface area contributed by atoms with Crippen molar-refractivity contribution in [1.82, 2.24) is 9.88 Å². The number of morpholine rings is 1. The second kappa shape index (κ2) is 9.32. The minimum absolute atomic E-state index is 0.0780. The lowest BCUT2D eigenvalue weighted by Crippen LogP contribution is -2.61. The Morgan fingerprint density at radius 1 is 1.42 bits per heavy atom. The van der Waals surface area contributed by atoms with Crippen LogP contribution < -0.4 is 4.90 Å². The van der Waals surface area contributed by atoms with Crippen molar-refractivity contribution in [1.29, 1.82) is 0 Å². The van der Waals surface area contributed by atoms with Crippen molar-refractivity contribution in [2.24, 2.45) is 4.99 Å². The second-order valence-electron chi connectivity index (χ2n) is 7.90. The fourth-order valence-electron chi connectivity index (χ4n) is 4.18. The molecule has 3 heterocycles. The van der Waals surface area contributed by atoms with Crippen molar-refractivity contribution in [3.05, 3.63) is 48.5 Å². The van der Waals surface area contributed by atoms with Gasteiger partial charge in [0, 0.05) is 37.9 Å². The van der Waals surface area contributed by atoms with Crippen LogP contribution in [-0.2, 0) is 15.7 Å². The summed E-state index contributed by atoms with van der Waals surface area (Å²) in [7, 11) is 0. The number of aromatic nitrogens is 1. The van der Waals surface area contributed by atoms with Crippen LogP contribution in [-0.4, -0.2) is 60.4 Å². The zero-order valence-electron chi connectivity index (χ0n) is 17.6. The molecule has 1 aromatic rings. The average molecular weight is 436 g/mol. The summed E-state index contributed by atoms with van der Waals surface area (Å²) < 4.78 is 46.6. The summed E-state index contributed by atoms with van der Waals surface area (Å²) in [5.74, 6) is -0.484. The maximum Gasteiger partial charge on any atom is 0.418 e. The number of piperidine rings is 1. The van der Waals surface area contributed by atoms with Crippen LogP contribution >= 0.6 is 0 Å². The average Bonchev–Trinajstić information content (AvgIpc) is 2.74. The lowest BCUT2D eigenvalue weighted by molar-refractivity contribution is -0.162. The monoisotopic (exact) mass is 436 g/mol. The maximum absolute atomic E-state index is 13.5. The summed E-state index contributed by atoms with van der Waals surface area (Å²) in [5, 5.41) is 0. The number of allylic oxidation sites excluding steroid dienone is 2. The van der Waals surface area contributed by atoms with Crippen LogP contribution in [0.15, 0.2) is 47.9 Å². The highest BCUT2D eigenvalue weighted by Gasteiger charge is 2.47. The summed E-state index contributed by atoms with van der Waals surface area (Å²) >= 11 is 0. The molecule has 0 saturated carbocycles. The highest BCUT2D eigenvalue weighted by molar-refractivity contribution is 5.97. The van der Waals surface area contributed by atoms with Gasteiger partial charge in [0.15, 0.2) is 0 Å². The van der Waals surface area contributed by atoms with Gasteiger partial charge in [0.25, 0.3) is 5.91 Å². The van der Waals surface area contributed by atoms with E-state index in [1.54, 1.807) is 13.0 Å². The quantitative estimate of drug-likeness (QED) is 0.502. The maximum atomic E-state index is 13.5. The fraction of sp³-hybridized carbons (Fsp3) is 0.500. The molecule has 2 saturated heterocycles. The van der Waals surface area contributed by atoms with Crippen molar-refractivity contribution >= 4 is 18.3 Å². The number of carbonyl (C=O) groups excluding carboxylic acids is 1. The minimum Gasteiger partial charge on any atom is -0.360 e. The summed E-state index contributed by atoms with van der Waals surface area (Å²) in [6.45, 7) is 11.1. The van der Waals surface area contributed by atoms with Crippen LogP contribution in [0.5, 0.6) is 0 Å². The van der Waals surface area contributed by atoms with E-state index in [9.17, 15) is 18.0 Å². The number of pyridine rings is 1. The van der Waals surface area contributed by atoms with Crippen LogP contribution in [0.3, 0.4) is 0 Å². The van der Waals surface area contributed by atoms with E-state index in [4.69, 9.17) is 4.74 Å². The Balaban J connectivity index is 1.74. The van der Waals surface area contributed by atoms with Gasteiger partial charge in [-0.05, 0) is 38.6 Å². The predicted molar refractivity (Wildman–Crippen MR) is 113 cm³/mol. The van der Waals surface area contributed by atoms with Gasteiger partial charge in [-0.2, -0.15) is 13.2 Å². The van der Waals surface area contributed by atoms with E-state index in [1.165, 1.54) is 4.90 Å². The van der Waals surface area contributed by atoms with Crippen molar-refractivity contribution in [3.8, 4) is 0 Å². The van der Waals surface area contributed by atoms with Gasteiger partial charge in [0.1, 0.15) is 6.10 Å².